The summed E-state index contributed by atoms with van der Waals surface area (Å²) in [4.78, 5) is 24.5. The van der Waals surface area contributed by atoms with Gasteiger partial charge in [0.15, 0.2) is 6.61 Å². The van der Waals surface area contributed by atoms with Crippen molar-refractivity contribution in [2.75, 3.05) is 11.9 Å². The highest BCUT2D eigenvalue weighted by Gasteiger charge is 2.14. The van der Waals surface area contributed by atoms with E-state index in [9.17, 15) is 9.59 Å². The molecule has 1 N–H and O–H groups in total. The first kappa shape index (κ1) is 21.8. The molecule has 0 saturated carbocycles. The van der Waals surface area contributed by atoms with Gasteiger partial charge in [-0.15, -0.1) is 5.10 Å². The fourth-order valence-corrected chi connectivity index (χ4v) is 3.02. The van der Waals surface area contributed by atoms with E-state index in [0.717, 1.165) is 16.7 Å². The summed E-state index contributed by atoms with van der Waals surface area (Å²) in [7, 11) is 0. The molecule has 0 spiro atoms. The lowest BCUT2D eigenvalue weighted by Crippen LogP contribution is -2.21. The predicted octanol–water partition coefficient (Wildman–Crippen LogP) is 4.42. The van der Waals surface area contributed by atoms with Gasteiger partial charge in [-0.3, -0.25) is 10.1 Å². The van der Waals surface area contributed by atoms with E-state index in [-0.39, 0.29) is 17.5 Å². The second-order valence-electron chi connectivity index (χ2n) is 7.21. The molecule has 166 valence electrons. The van der Waals surface area contributed by atoms with Crippen molar-refractivity contribution in [3.8, 4) is 17.2 Å². The van der Waals surface area contributed by atoms with Crippen LogP contribution in [-0.4, -0.2) is 28.7 Å². The minimum Gasteiger partial charge on any atom is -0.489 e. The largest absolute Gasteiger partial charge is 0.489 e. The summed E-state index contributed by atoms with van der Waals surface area (Å²) in [5.41, 5.74) is 3.16. The Kier molecular flexibility index (Phi) is 6.75. The molecular formula is C25H21N3O5. The van der Waals surface area contributed by atoms with E-state index in [0.29, 0.717) is 12.4 Å². The fourth-order valence-electron chi connectivity index (χ4n) is 3.02. The Morgan fingerprint density at radius 1 is 0.939 bits per heavy atom. The second-order valence-corrected chi connectivity index (χ2v) is 7.21. The molecule has 4 aromatic rings. The van der Waals surface area contributed by atoms with Crippen molar-refractivity contribution in [2.24, 2.45) is 0 Å². The molecule has 0 unspecified atom stereocenters. The van der Waals surface area contributed by atoms with Gasteiger partial charge in [0.25, 0.3) is 5.91 Å². The Morgan fingerprint density at radius 2 is 1.76 bits per heavy atom. The van der Waals surface area contributed by atoms with E-state index >= 15 is 0 Å². The summed E-state index contributed by atoms with van der Waals surface area (Å²) in [6.07, 6.45) is 0. The molecule has 3 aromatic carbocycles. The number of esters is 1. The number of carbonyl (C=O) groups is 2. The summed E-state index contributed by atoms with van der Waals surface area (Å²) in [6, 6.07) is 23.6. The van der Waals surface area contributed by atoms with Crippen LogP contribution in [0.4, 0.5) is 6.01 Å². The van der Waals surface area contributed by atoms with Crippen LogP contribution in [0.25, 0.3) is 11.5 Å². The van der Waals surface area contributed by atoms with Crippen molar-refractivity contribution >= 4 is 17.9 Å². The van der Waals surface area contributed by atoms with Gasteiger partial charge in [0.1, 0.15) is 12.4 Å². The number of nitrogens with one attached hydrogen (secondary N) is 1. The zero-order valence-corrected chi connectivity index (χ0v) is 17.9. The minimum atomic E-state index is -0.651. The number of hydrogen-bond acceptors (Lipinski definition) is 7. The quantitative estimate of drug-likeness (QED) is 0.402. The van der Waals surface area contributed by atoms with Gasteiger partial charge in [0.05, 0.1) is 5.56 Å². The number of nitrogens with zero attached hydrogens (tertiary/aromatic N) is 2. The van der Waals surface area contributed by atoms with Crippen LogP contribution in [0.1, 0.15) is 21.5 Å². The van der Waals surface area contributed by atoms with Gasteiger partial charge in [0, 0.05) is 5.56 Å². The van der Waals surface area contributed by atoms with Crippen LogP contribution in [0, 0.1) is 6.92 Å². The van der Waals surface area contributed by atoms with E-state index in [2.05, 4.69) is 15.5 Å². The number of anilines is 1. The van der Waals surface area contributed by atoms with E-state index < -0.39 is 18.5 Å². The monoisotopic (exact) mass is 443 g/mol. The molecule has 0 radical (unpaired) electrons. The van der Waals surface area contributed by atoms with Crippen LogP contribution < -0.4 is 10.1 Å². The van der Waals surface area contributed by atoms with Gasteiger partial charge >= 0.3 is 12.0 Å². The minimum absolute atomic E-state index is 0.0820. The average molecular weight is 443 g/mol. The van der Waals surface area contributed by atoms with Crippen molar-refractivity contribution in [3.63, 3.8) is 0 Å². The first-order chi connectivity index (χ1) is 16.1. The predicted molar refractivity (Wildman–Crippen MR) is 121 cm³/mol. The number of hydrogen-bond donors (Lipinski definition) is 1. The van der Waals surface area contributed by atoms with Crippen molar-refractivity contribution < 1.29 is 23.5 Å². The maximum absolute atomic E-state index is 12.4. The van der Waals surface area contributed by atoms with Crippen molar-refractivity contribution in [2.45, 2.75) is 13.5 Å². The number of amides is 1. The van der Waals surface area contributed by atoms with Gasteiger partial charge in [-0.25, -0.2) is 4.79 Å². The molecule has 1 aromatic heterocycles. The van der Waals surface area contributed by atoms with Gasteiger partial charge in [-0.1, -0.05) is 59.2 Å². The number of rotatable bonds is 8. The Hall–Kier alpha value is -4.46. The van der Waals surface area contributed by atoms with Crippen LogP contribution in [-0.2, 0) is 16.1 Å². The second kappa shape index (κ2) is 10.2. The van der Waals surface area contributed by atoms with Crippen LogP contribution in [0.3, 0.4) is 0 Å². The first-order valence-corrected chi connectivity index (χ1v) is 10.2. The third-order valence-corrected chi connectivity index (χ3v) is 4.58. The third-order valence-electron chi connectivity index (χ3n) is 4.58. The molecule has 8 nitrogen and oxygen atoms in total. The summed E-state index contributed by atoms with van der Waals surface area (Å²) >= 11 is 0. The highest BCUT2D eigenvalue weighted by atomic mass is 16.5. The van der Waals surface area contributed by atoms with Gasteiger partial charge < -0.3 is 13.9 Å². The van der Waals surface area contributed by atoms with Crippen molar-refractivity contribution in [1.29, 1.82) is 0 Å². The molecule has 0 aliphatic heterocycles. The van der Waals surface area contributed by atoms with Crippen molar-refractivity contribution in [3.05, 3.63) is 95.6 Å². The maximum Gasteiger partial charge on any atom is 0.338 e. The fraction of sp³-hybridized carbons (Fsp3) is 0.120. The highest BCUT2D eigenvalue weighted by Crippen LogP contribution is 2.19. The SMILES string of the molecule is Cc1cccc(COc2cccc(C(=O)OCC(=O)Nc3nnc(-c4ccccc4)o3)c2)c1. The van der Waals surface area contributed by atoms with Gasteiger partial charge in [0.2, 0.25) is 5.89 Å². The van der Waals surface area contributed by atoms with Crippen LogP contribution >= 0.6 is 0 Å². The molecule has 1 heterocycles. The molecule has 1 amide bonds. The summed E-state index contributed by atoms with van der Waals surface area (Å²) in [5.74, 6) is -0.458. The molecule has 33 heavy (non-hydrogen) atoms. The molecule has 8 heteroatoms. The maximum atomic E-state index is 12.4. The number of ether oxygens (including phenoxy) is 2. The number of aromatic nitrogens is 2. The molecule has 4 rings (SSSR count). The smallest absolute Gasteiger partial charge is 0.338 e. The summed E-state index contributed by atoms with van der Waals surface area (Å²) < 4.78 is 16.3. The zero-order valence-electron chi connectivity index (χ0n) is 17.9. The Morgan fingerprint density at radius 3 is 2.58 bits per heavy atom. The molecule has 0 atom stereocenters. The highest BCUT2D eigenvalue weighted by molar-refractivity contribution is 5.94. The van der Waals surface area contributed by atoms with Crippen LogP contribution in [0.5, 0.6) is 5.75 Å². The van der Waals surface area contributed by atoms with E-state index in [1.165, 1.54) is 0 Å². The van der Waals surface area contributed by atoms with Gasteiger partial charge in [-0.2, -0.15) is 0 Å². The Bertz CT molecular complexity index is 1250. The molecular weight excluding hydrogens is 422 g/mol. The van der Waals surface area contributed by atoms with Gasteiger partial charge in [-0.05, 0) is 42.8 Å². The van der Waals surface area contributed by atoms with Crippen LogP contribution in [0.2, 0.25) is 0 Å². The summed E-state index contributed by atoms with van der Waals surface area (Å²) in [5, 5.41) is 10.1. The topological polar surface area (TPSA) is 104 Å². The van der Waals surface area contributed by atoms with E-state index in [1.54, 1.807) is 36.4 Å². The normalized spacial score (nSPS) is 10.5. The third kappa shape index (κ3) is 6.04. The van der Waals surface area contributed by atoms with E-state index in [1.807, 2.05) is 49.4 Å². The molecule has 0 bridgehead atoms. The van der Waals surface area contributed by atoms with E-state index in [4.69, 9.17) is 13.9 Å². The number of aryl methyl sites for hydroxylation is 1. The summed E-state index contributed by atoms with van der Waals surface area (Å²) in [6.45, 7) is 1.88. The Labute approximate surface area is 190 Å². The average Bonchev–Trinajstić information content (AvgIpc) is 3.30. The first-order valence-electron chi connectivity index (χ1n) is 10.2. The van der Waals surface area contributed by atoms with Crippen molar-refractivity contribution in [1.82, 2.24) is 10.2 Å². The lowest BCUT2D eigenvalue weighted by molar-refractivity contribution is -0.119. The standard InChI is InChI=1S/C25H21N3O5/c1-17-7-5-8-18(13-17)15-31-21-12-6-11-20(14-21)24(30)32-16-22(29)26-25-28-27-23(33-25)19-9-3-2-4-10-19/h2-14H,15-16H2,1H3,(H,26,28,29). The zero-order chi connectivity index (χ0) is 23.0. The lowest BCUT2D eigenvalue weighted by Gasteiger charge is -2.09. The Balaban J connectivity index is 1.28. The lowest BCUT2D eigenvalue weighted by atomic mass is 10.1. The molecule has 0 fully saturated rings. The molecule has 0 saturated heterocycles. The molecule has 0 aliphatic rings. The molecule has 0 aliphatic carbocycles. The number of carbonyl (C=O) groups excluding carboxylic acids is 2. The van der Waals surface area contributed by atoms with Crippen LogP contribution in [0.15, 0.2) is 83.3 Å². The number of benzene rings is 3.